The summed E-state index contributed by atoms with van der Waals surface area (Å²) in [5, 5.41) is 0. The fourth-order valence-electron chi connectivity index (χ4n) is 2.32. The Morgan fingerprint density at radius 3 is 2.56 bits per heavy atom. The molecule has 0 aromatic carbocycles. The number of pyridine rings is 1. The number of aromatic nitrogens is 1. The van der Waals surface area contributed by atoms with Gasteiger partial charge in [0.25, 0.3) is 0 Å². The summed E-state index contributed by atoms with van der Waals surface area (Å²) in [6, 6.07) is 4.01. The van der Waals surface area contributed by atoms with Crippen LogP contribution in [0.15, 0.2) is 24.5 Å². The van der Waals surface area contributed by atoms with Crippen LogP contribution in [-0.4, -0.2) is 30.6 Å². The van der Waals surface area contributed by atoms with Gasteiger partial charge in [-0.3, -0.25) is 9.78 Å². The Morgan fingerprint density at radius 2 is 2.00 bits per heavy atom. The number of carbonyl (C=O) groups excluding carboxylic acids is 1. The lowest BCUT2D eigenvalue weighted by molar-refractivity contribution is -0.155. The minimum Gasteiger partial charge on any atom is -0.466 e. The monoisotopic (exact) mass is 248 g/mol. The van der Waals surface area contributed by atoms with Gasteiger partial charge in [0.15, 0.2) is 0 Å². The van der Waals surface area contributed by atoms with Crippen LogP contribution < -0.4 is 4.90 Å². The van der Waals surface area contributed by atoms with E-state index in [1.807, 2.05) is 26.0 Å². The zero-order valence-corrected chi connectivity index (χ0v) is 11.1. The van der Waals surface area contributed by atoms with E-state index in [0.29, 0.717) is 6.61 Å². The van der Waals surface area contributed by atoms with Gasteiger partial charge in [-0.2, -0.15) is 0 Å². The molecule has 98 valence electrons. The van der Waals surface area contributed by atoms with E-state index in [1.165, 1.54) is 5.69 Å². The molecule has 1 aromatic rings. The van der Waals surface area contributed by atoms with Crippen LogP contribution in [0.3, 0.4) is 0 Å². The van der Waals surface area contributed by atoms with Crippen molar-refractivity contribution in [2.45, 2.75) is 26.7 Å². The number of hydrogen-bond donors (Lipinski definition) is 0. The van der Waals surface area contributed by atoms with E-state index in [9.17, 15) is 4.79 Å². The highest BCUT2D eigenvalue weighted by Crippen LogP contribution is 2.33. The molecule has 0 saturated carbocycles. The van der Waals surface area contributed by atoms with Gasteiger partial charge < -0.3 is 9.64 Å². The molecule has 18 heavy (non-hydrogen) atoms. The van der Waals surface area contributed by atoms with Gasteiger partial charge in [-0.05, 0) is 38.8 Å². The van der Waals surface area contributed by atoms with E-state index in [-0.39, 0.29) is 11.4 Å². The van der Waals surface area contributed by atoms with Gasteiger partial charge in [0.2, 0.25) is 0 Å². The molecule has 1 aromatic heterocycles. The third-order valence-electron chi connectivity index (χ3n) is 3.66. The Morgan fingerprint density at radius 1 is 1.39 bits per heavy atom. The second-order valence-electron chi connectivity index (χ2n) is 4.97. The molecule has 4 nitrogen and oxygen atoms in total. The number of rotatable bonds is 3. The molecule has 0 atom stereocenters. The average molecular weight is 248 g/mol. The second-order valence-corrected chi connectivity index (χ2v) is 4.97. The Hall–Kier alpha value is -1.58. The van der Waals surface area contributed by atoms with Crippen molar-refractivity contribution in [2.75, 3.05) is 24.6 Å². The highest BCUT2D eigenvalue weighted by molar-refractivity contribution is 5.76. The molecule has 2 heterocycles. The van der Waals surface area contributed by atoms with Crippen LogP contribution in [0.25, 0.3) is 0 Å². The fraction of sp³-hybridized carbons (Fsp3) is 0.571. The van der Waals surface area contributed by atoms with Gasteiger partial charge in [-0.1, -0.05) is 0 Å². The molecular formula is C14H20N2O2. The van der Waals surface area contributed by atoms with Gasteiger partial charge in [0, 0.05) is 31.2 Å². The van der Waals surface area contributed by atoms with Crippen molar-refractivity contribution in [2.24, 2.45) is 5.41 Å². The Balaban J connectivity index is 1.97. The molecule has 0 spiro atoms. The third kappa shape index (κ3) is 2.63. The fourth-order valence-corrected chi connectivity index (χ4v) is 2.32. The van der Waals surface area contributed by atoms with E-state index in [1.54, 1.807) is 12.4 Å². The van der Waals surface area contributed by atoms with Crippen LogP contribution >= 0.6 is 0 Å². The first-order valence-electron chi connectivity index (χ1n) is 6.48. The standard InChI is InChI=1S/C14H20N2O2/c1-3-18-13(17)14(2)6-10-16(11-7-14)12-4-8-15-9-5-12/h4-5,8-9H,3,6-7,10-11H2,1-2H3. The quantitative estimate of drug-likeness (QED) is 0.769. The van der Waals surface area contributed by atoms with Gasteiger partial charge in [-0.25, -0.2) is 0 Å². The molecule has 1 aliphatic heterocycles. The molecule has 4 heteroatoms. The summed E-state index contributed by atoms with van der Waals surface area (Å²) in [6.07, 6.45) is 5.28. The van der Waals surface area contributed by atoms with Crippen molar-refractivity contribution in [3.05, 3.63) is 24.5 Å². The van der Waals surface area contributed by atoms with Crippen LogP contribution in [0.5, 0.6) is 0 Å². The Kier molecular flexibility index (Phi) is 3.84. The molecule has 0 unspecified atom stereocenters. The highest BCUT2D eigenvalue weighted by atomic mass is 16.5. The van der Waals surface area contributed by atoms with E-state index < -0.39 is 0 Å². The van der Waals surface area contributed by atoms with E-state index in [4.69, 9.17) is 4.74 Å². The molecule has 1 aliphatic rings. The van der Waals surface area contributed by atoms with Crippen molar-refractivity contribution in [3.63, 3.8) is 0 Å². The number of nitrogens with zero attached hydrogens (tertiary/aromatic N) is 2. The van der Waals surface area contributed by atoms with Crippen LogP contribution in [0.2, 0.25) is 0 Å². The number of hydrogen-bond acceptors (Lipinski definition) is 4. The summed E-state index contributed by atoms with van der Waals surface area (Å²) < 4.78 is 5.16. The minimum atomic E-state index is -0.320. The summed E-state index contributed by atoms with van der Waals surface area (Å²) in [5.41, 5.74) is 0.857. The summed E-state index contributed by atoms with van der Waals surface area (Å²) in [7, 11) is 0. The second kappa shape index (κ2) is 5.38. The molecule has 0 bridgehead atoms. The molecule has 1 saturated heterocycles. The molecule has 0 N–H and O–H groups in total. The lowest BCUT2D eigenvalue weighted by Gasteiger charge is -2.38. The average Bonchev–Trinajstić information content (AvgIpc) is 2.41. The van der Waals surface area contributed by atoms with E-state index >= 15 is 0 Å². The third-order valence-corrected chi connectivity index (χ3v) is 3.66. The molecule has 0 amide bonds. The van der Waals surface area contributed by atoms with Gasteiger partial charge in [0.05, 0.1) is 12.0 Å². The van der Waals surface area contributed by atoms with Gasteiger partial charge >= 0.3 is 5.97 Å². The zero-order chi connectivity index (χ0) is 13.0. The van der Waals surface area contributed by atoms with Crippen molar-refractivity contribution in [3.8, 4) is 0 Å². The molecular weight excluding hydrogens is 228 g/mol. The smallest absolute Gasteiger partial charge is 0.311 e. The first kappa shape index (κ1) is 12.9. The van der Waals surface area contributed by atoms with Crippen LogP contribution in [0.4, 0.5) is 5.69 Å². The lowest BCUT2D eigenvalue weighted by Crippen LogP contribution is -2.43. The predicted octanol–water partition coefficient (Wildman–Crippen LogP) is 2.25. The summed E-state index contributed by atoms with van der Waals surface area (Å²) in [6.45, 7) is 6.10. The SMILES string of the molecule is CCOC(=O)C1(C)CCN(c2ccncc2)CC1. The predicted molar refractivity (Wildman–Crippen MR) is 70.4 cm³/mol. The first-order chi connectivity index (χ1) is 8.65. The highest BCUT2D eigenvalue weighted by Gasteiger charge is 2.38. The van der Waals surface area contributed by atoms with Crippen molar-refractivity contribution in [1.29, 1.82) is 0 Å². The molecule has 0 radical (unpaired) electrons. The Labute approximate surface area is 108 Å². The van der Waals surface area contributed by atoms with E-state index in [0.717, 1.165) is 25.9 Å². The number of piperidine rings is 1. The molecule has 0 aliphatic carbocycles. The van der Waals surface area contributed by atoms with E-state index in [2.05, 4.69) is 9.88 Å². The topological polar surface area (TPSA) is 42.4 Å². The Bertz CT molecular complexity index is 398. The number of ether oxygens (including phenoxy) is 1. The number of esters is 1. The first-order valence-corrected chi connectivity index (χ1v) is 6.48. The molecule has 2 rings (SSSR count). The number of anilines is 1. The normalized spacial score (nSPS) is 18.4. The van der Waals surface area contributed by atoms with Crippen LogP contribution in [0, 0.1) is 5.41 Å². The van der Waals surface area contributed by atoms with Crippen LogP contribution in [-0.2, 0) is 9.53 Å². The largest absolute Gasteiger partial charge is 0.466 e. The van der Waals surface area contributed by atoms with Gasteiger partial charge in [-0.15, -0.1) is 0 Å². The van der Waals surface area contributed by atoms with Crippen molar-refractivity contribution < 1.29 is 9.53 Å². The maximum atomic E-state index is 11.9. The van der Waals surface area contributed by atoms with Gasteiger partial charge in [0.1, 0.15) is 0 Å². The maximum Gasteiger partial charge on any atom is 0.311 e. The van der Waals surface area contributed by atoms with Crippen molar-refractivity contribution in [1.82, 2.24) is 4.98 Å². The summed E-state index contributed by atoms with van der Waals surface area (Å²) in [4.78, 5) is 18.2. The minimum absolute atomic E-state index is 0.0561. The maximum absolute atomic E-state index is 11.9. The lowest BCUT2D eigenvalue weighted by atomic mass is 9.80. The van der Waals surface area contributed by atoms with Crippen LogP contribution in [0.1, 0.15) is 26.7 Å². The zero-order valence-electron chi connectivity index (χ0n) is 11.1. The summed E-state index contributed by atoms with van der Waals surface area (Å²) in [5.74, 6) is -0.0561. The molecule has 1 fully saturated rings. The van der Waals surface area contributed by atoms with Crippen molar-refractivity contribution >= 4 is 11.7 Å². The number of carbonyl (C=O) groups is 1. The summed E-state index contributed by atoms with van der Waals surface area (Å²) >= 11 is 0.